The first-order valence-corrected chi connectivity index (χ1v) is 4.10. The van der Waals surface area contributed by atoms with Gasteiger partial charge in [0.05, 0.1) is 6.42 Å². The van der Waals surface area contributed by atoms with E-state index in [-0.39, 0.29) is 5.56 Å². The van der Waals surface area contributed by atoms with Crippen molar-refractivity contribution in [2.45, 2.75) is 12.8 Å². The fourth-order valence-corrected chi connectivity index (χ4v) is 1.10. The number of carbonyl (C=O) groups is 1. The maximum Gasteiger partial charge on any atom is 0.573 e. The Hall–Kier alpha value is -1.79. The molecule has 16 heavy (non-hydrogen) atoms. The van der Waals surface area contributed by atoms with Crippen LogP contribution in [0.2, 0.25) is 0 Å². The normalized spacial score (nSPS) is 11.2. The lowest BCUT2D eigenvalue weighted by molar-refractivity contribution is -0.274. The molecule has 0 spiro atoms. The number of rotatable bonds is 3. The number of ether oxygens (including phenoxy) is 1. The number of alkyl halides is 3. The minimum absolute atomic E-state index is 0.246. The first-order valence-electron chi connectivity index (χ1n) is 4.10. The summed E-state index contributed by atoms with van der Waals surface area (Å²) in [6.45, 7) is 0. The second-order valence-electron chi connectivity index (χ2n) is 2.94. The Bertz CT molecular complexity index is 403. The molecule has 0 aliphatic carbocycles. The highest BCUT2D eigenvalue weighted by atomic mass is 19.4. The topological polar surface area (TPSA) is 52.3 Å². The molecule has 0 unspecified atom stereocenters. The highest BCUT2D eigenvalue weighted by molar-refractivity contribution is 5.77. The van der Waals surface area contributed by atoms with Gasteiger partial charge in [0.25, 0.3) is 0 Å². The van der Waals surface area contributed by atoms with E-state index in [0.29, 0.717) is 0 Å². The number of benzene rings is 1. The average molecular weight is 237 g/mol. The third-order valence-corrected chi connectivity index (χ3v) is 1.61. The van der Waals surface area contributed by atoms with Crippen LogP contribution in [0.3, 0.4) is 0 Å². The molecular formula is C9H7F4NO2. The lowest BCUT2D eigenvalue weighted by Crippen LogP contribution is -2.20. The molecule has 7 heteroatoms. The van der Waals surface area contributed by atoms with Gasteiger partial charge in [0, 0.05) is 5.56 Å². The Morgan fingerprint density at radius 1 is 1.38 bits per heavy atom. The number of hydrogen-bond donors (Lipinski definition) is 1. The molecule has 0 radical (unpaired) electrons. The van der Waals surface area contributed by atoms with E-state index in [9.17, 15) is 22.4 Å². The second-order valence-corrected chi connectivity index (χ2v) is 2.94. The molecule has 0 saturated carbocycles. The van der Waals surface area contributed by atoms with E-state index in [1.807, 2.05) is 0 Å². The van der Waals surface area contributed by atoms with E-state index >= 15 is 0 Å². The molecule has 0 saturated heterocycles. The van der Waals surface area contributed by atoms with E-state index in [0.717, 1.165) is 18.2 Å². The first kappa shape index (κ1) is 12.3. The zero-order valence-electron chi connectivity index (χ0n) is 7.84. The van der Waals surface area contributed by atoms with Crippen LogP contribution < -0.4 is 10.5 Å². The zero-order valence-corrected chi connectivity index (χ0v) is 7.84. The van der Waals surface area contributed by atoms with Crippen LogP contribution in [0.1, 0.15) is 5.56 Å². The minimum Gasteiger partial charge on any atom is -0.405 e. The molecule has 0 aromatic heterocycles. The van der Waals surface area contributed by atoms with Crippen LogP contribution in [0, 0.1) is 5.82 Å². The van der Waals surface area contributed by atoms with Crippen molar-refractivity contribution >= 4 is 5.91 Å². The van der Waals surface area contributed by atoms with Gasteiger partial charge in [-0.15, -0.1) is 13.2 Å². The van der Waals surface area contributed by atoms with Crippen molar-refractivity contribution in [2.24, 2.45) is 5.73 Å². The summed E-state index contributed by atoms with van der Waals surface area (Å²) in [5.74, 6) is -2.28. The summed E-state index contributed by atoms with van der Waals surface area (Å²) in [6, 6.07) is 2.36. The van der Waals surface area contributed by atoms with Gasteiger partial charge in [-0.05, 0) is 18.2 Å². The molecule has 1 rings (SSSR count). The predicted octanol–water partition coefficient (Wildman–Crippen LogP) is 1.75. The van der Waals surface area contributed by atoms with E-state index in [1.165, 1.54) is 0 Å². The minimum atomic E-state index is -4.90. The summed E-state index contributed by atoms with van der Waals surface area (Å²) in [4.78, 5) is 10.6. The van der Waals surface area contributed by atoms with Crippen molar-refractivity contribution in [3.05, 3.63) is 29.6 Å². The number of carbonyl (C=O) groups excluding carboxylic acids is 1. The van der Waals surface area contributed by atoms with Gasteiger partial charge in [0.15, 0.2) is 0 Å². The highest BCUT2D eigenvalue weighted by Crippen LogP contribution is 2.27. The SMILES string of the molecule is NC(=O)Cc1cc(F)ccc1OC(F)(F)F. The van der Waals surface area contributed by atoms with Gasteiger partial charge in [-0.3, -0.25) is 4.79 Å². The first-order chi connectivity index (χ1) is 7.28. The molecule has 0 fully saturated rings. The molecule has 3 nitrogen and oxygen atoms in total. The van der Waals surface area contributed by atoms with Crippen LogP contribution in [0.15, 0.2) is 18.2 Å². The van der Waals surface area contributed by atoms with Crippen molar-refractivity contribution in [3.63, 3.8) is 0 Å². The molecule has 0 bridgehead atoms. The van der Waals surface area contributed by atoms with Gasteiger partial charge in [0.1, 0.15) is 11.6 Å². The quantitative estimate of drug-likeness (QED) is 0.814. The van der Waals surface area contributed by atoms with Crippen molar-refractivity contribution in [1.82, 2.24) is 0 Å². The van der Waals surface area contributed by atoms with Gasteiger partial charge < -0.3 is 10.5 Å². The summed E-state index contributed by atoms with van der Waals surface area (Å²) in [5, 5.41) is 0. The van der Waals surface area contributed by atoms with Crippen molar-refractivity contribution in [1.29, 1.82) is 0 Å². The largest absolute Gasteiger partial charge is 0.573 e. The van der Waals surface area contributed by atoms with Crippen LogP contribution >= 0.6 is 0 Å². The molecule has 0 aliphatic rings. The number of primary amides is 1. The fourth-order valence-electron chi connectivity index (χ4n) is 1.10. The second kappa shape index (κ2) is 4.38. The summed E-state index contributed by atoms with van der Waals surface area (Å²) < 4.78 is 52.1. The molecule has 1 amide bonds. The van der Waals surface area contributed by atoms with Crippen LogP contribution in [0.5, 0.6) is 5.75 Å². The Morgan fingerprint density at radius 3 is 2.50 bits per heavy atom. The number of nitrogens with two attached hydrogens (primary N) is 1. The molecule has 2 N–H and O–H groups in total. The summed E-state index contributed by atoms with van der Waals surface area (Å²) >= 11 is 0. The van der Waals surface area contributed by atoms with E-state index in [1.54, 1.807) is 0 Å². The molecule has 0 atom stereocenters. The van der Waals surface area contributed by atoms with Crippen LogP contribution in [-0.2, 0) is 11.2 Å². The number of amides is 1. The summed E-state index contributed by atoms with van der Waals surface area (Å²) in [6.07, 6.45) is -5.42. The van der Waals surface area contributed by atoms with Gasteiger partial charge >= 0.3 is 6.36 Å². The Morgan fingerprint density at radius 2 is 2.00 bits per heavy atom. The molecule has 1 aromatic carbocycles. The van der Waals surface area contributed by atoms with Gasteiger partial charge in [-0.25, -0.2) is 4.39 Å². The standard InChI is InChI=1S/C9H7F4NO2/c10-6-1-2-7(16-9(11,12)13)5(3-6)4-8(14)15/h1-3H,4H2,(H2,14,15). The van der Waals surface area contributed by atoms with E-state index in [2.05, 4.69) is 4.74 Å². The van der Waals surface area contributed by atoms with E-state index in [4.69, 9.17) is 5.73 Å². The summed E-state index contributed by atoms with van der Waals surface area (Å²) in [5.41, 5.74) is 4.56. The van der Waals surface area contributed by atoms with Crippen LogP contribution in [-0.4, -0.2) is 12.3 Å². The number of halogens is 4. The van der Waals surface area contributed by atoms with Crippen LogP contribution in [0.25, 0.3) is 0 Å². The van der Waals surface area contributed by atoms with Crippen LogP contribution in [0.4, 0.5) is 17.6 Å². The van der Waals surface area contributed by atoms with Gasteiger partial charge in [-0.1, -0.05) is 0 Å². The maximum absolute atomic E-state index is 12.7. The average Bonchev–Trinajstić information content (AvgIpc) is 2.06. The Labute approximate surface area is 87.8 Å². The molecule has 0 aliphatic heterocycles. The smallest absolute Gasteiger partial charge is 0.405 e. The maximum atomic E-state index is 12.7. The lowest BCUT2D eigenvalue weighted by Gasteiger charge is -2.12. The van der Waals surface area contributed by atoms with Crippen molar-refractivity contribution in [2.75, 3.05) is 0 Å². The third kappa shape index (κ3) is 3.76. The lowest BCUT2D eigenvalue weighted by atomic mass is 10.1. The monoisotopic (exact) mass is 237 g/mol. The predicted molar refractivity (Wildman–Crippen MR) is 46.0 cm³/mol. The van der Waals surface area contributed by atoms with Crippen molar-refractivity contribution in [3.8, 4) is 5.75 Å². The highest BCUT2D eigenvalue weighted by Gasteiger charge is 2.32. The van der Waals surface area contributed by atoms with E-state index < -0.39 is 30.3 Å². The van der Waals surface area contributed by atoms with Crippen molar-refractivity contribution < 1.29 is 27.1 Å². The fraction of sp³-hybridized carbons (Fsp3) is 0.222. The Balaban J connectivity index is 3.02. The summed E-state index contributed by atoms with van der Waals surface area (Å²) in [7, 11) is 0. The molecular weight excluding hydrogens is 230 g/mol. The Kier molecular flexibility index (Phi) is 3.36. The van der Waals surface area contributed by atoms with Gasteiger partial charge in [-0.2, -0.15) is 0 Å². The number of hydrogen-bond acceptors (Lipinski definition) is 2. The third-order valence-electron chi connectivity index (χ3n) is 1.61. The molecule has 0 heterocycles. The van der Waals surface area contributed by atoms with Gasteiger partial charge in [0.2, 0.25) is 5.91 Å². The molecule has 1 aromatic rings. The molecule has 88 valence electrons. The zero-order chi connectivity index (χ0) is 12.3.